The molecule has 0 saturated carbocycles. The Morgan fingerprint density at radius 1 is 1.57 bits per heavy atom. The fourth-order valence-electron chi connectivity index (χ4n) is 0.256. The second-order valence-corrected chi connectivity index (χ2v) is 1.08. The number of hydrogen-bond acceptors (Lipinski definition) is 2. The average molecular weight is 153 g/mol. The molecule has 0 atom stereocenters. The van der Waals surface area contributed by atoms with Gasteiger partial charge in [0.2, 0.25) is 0 Å². The first-order chi connectivity index (χ1) is 2.91. The van der Waals surface area contributed by atoms with Crippen molar-refractivity contribution in [3.8, 4) is 0 Å². The van der Waals surface area contributed by atoms with Crippen molar-refractivity contribution in [1.29, 1.82) is 0 Å². The first-order valence-corrected chi connectivity index (χ1v) is 2.23. The molecule has 0 bridgehead atoms. The van der Waals surface area contributed by atoms with E-state index < -0.39 is 0 Å². The van der Waals surface area contributed by atoms with Gasteiger partial charge in [-0.1, -0.05) is 6.92 Å². The fraction of sp³-hybridized carbons (Fsp3) is 1.00. The van der Waals surface area contributed by atoms with Gasteiger partial charge in [-0.05, 0) is 6.54 Å². The van der Waals surface area contributed by atoms with Crippen LogP contribution in [-0.4, -0.2) is 24.8 Å². The molecule has 2 nitrogen and oxygen atoms in total. The van der Waals surface area contributed by atoms with E-state index in [2.05, 4.69) is 5.32 Å². The summed E-state index contributed by atoms with van der Waals surface area (Å²) < 4.78 is 0. The molecule has 0 rings (SSSR count). The summed E-state index contributed by atoms with van der Waals surface area (Å²) in [7, 11) is 0. The molecule has 0 aliphatic heterocycles. The van der Waals surface area contributed by atoms with Crippen LogP contribution in [0.5, 0.6) is 0 Å². The van der Waals surface area contributed by atoms with Crippen molar-refractivity contribution >= 4 is 0 Å². The molecule has 0 amide bonds. The molecule has 0 aliphatic rings. The average Bonchev–Trinajstić information content (AvgIpc) is 1.61. The zero-order valence-electron chi connectivity index (χ0n) is 4.37. The van der Waals surface area contributed by atoms with E-state index in [1.54, 1.807) is 0 Å². The molecule has 0 saturated heterocycles. The first-order valence-electron chi connectivity index (χ1n) is 2.23. The molecule has 0 spiro atoms. The standard InChI is InChI=1S/C4H11NO.Cu/c1-2-5-3-4-6;/h5-6H,2-4H2,1H3;/q;+2. The maximum absolute atomic E-state index is 8.13. The second-order valence-electron chi connectivity index (χ2n) is 1.08. The third-order valence-corrected chi connectivity index (χ3v) is 0.539. The van der Waals surface area contributed by atoms with Crippen molar-refractivity contribution in [1.82, 2.24) is 5.32 Å². The maximum Gasteiger partial charge on any atom is 2.00 e. The molecule has 7 heavy (non-hydrogen) atoms. The van der Waals surface area contributed by atoms with E-state index in [4.69, 9.17) is 5.11 Å². The molecule has 2 N–H and O–H groups in total. The number of likely N-dealkylation sites (N-methyl/N-ethyl adjacent to an activating group) is 1. The number of rotatable bonds is 3. The van der Waals surface area contributed by atoms with Crippen LogP contribution in [0.15, 0.2) is 0 Å². The number of aliphatic hydroxyl groups excluding tert-OH is 1. The van der Waals surface area contributed by atoms with Gasteiger partial charge in [0.15, 0.2) is 0 Å². The van der Waals surface area contributed by atoms with Gasteiger partial charge in [0.05, 0.1) is 6.61 Å². The van der Waals surface area contributed by atoms with Gasteiger partial charge < -0.3 is 10.4 Å². The Morgan fingerprint density at radius 3 is 2.29 bits per heavy atom. The number of hydrogen-bond donors (Lipinski definition) is 2. The van der Waals surface area contributed by atoms with Crippen molar-refractivity contribution in [2.45, 2.75) is 6.92 Å². The quantitative estimate of drug-likeness (QED) is 0.426. The van der Waals surface area contributed by atoms with Gasteiger partial charge >= 0.3 is 17.1 Å². The number of nitrogens with one attached hydrogen (secondary N) is 1. The second kappa shape index (κ2) is 9.67. The van der Waals surface area contributed by atoms with Gasteiger partial charge in [0, 0.05) is 6.54 Å². The van der Waals surface area contributed by atoms with Gasteiger partial charge in [-0.3, -0.25) is 0 Å². The molecule has 3 heteroatoms. The van der Waals surface area contributed by atoms with Crippen LogP contribution in [0.3, 0.4) is 0 Å². The van der Waals surface area contributed by atoms with Gasteiger partial charge in [0.1, 0.15) is 0 Å². The minimum atomic E-state index is 0. The predicted octanol–water partition coefficient (Wildman–Crippen LogP) is -0.414. The topological polar surface area (TPSA) is 32.3 Å². The van der Waals surface area contributed by atoms with E-state index in [9.17, 15) is 0 Å². The summed E-state index contributed by atoms with van der Waals surface area (Å²) in [6, 6.07) is 0. The largest absolute Gasteiger partial charge is 2.00 e. The molecule has 0 aromatic heterocycles. The molecule has 0 aromatic carbocycles. The summed E-state index contributed by atoms with van der Waals surface area (Å²) in [6.45, 7) is 3.92. The van der Waals surface area contributed by atoms with Crippen molar-refractivity contribution < 1.29 is 22.2 Å². The molecular formula is C4H11CuNO+2. The van der Waals surface area contributed by atoms with E-state index in [0.717, 1.165) is 13.1 Å². The first kappa shape index (κ1) is 10.4. The predicted molar refractivity (Wildman–Crippen MR) is 25.6 cm³/mol. The summed E-state index contributed by atoms with van der Waals surface area (Å²) in [6.07, 6.45) is 0. The van der Waals surface area contributed by atoms with Crippen LogP contribution in [0, 0.1) is 0 Å². The van der Waals surface area contributed by atoms with Gasteiger partial charge in [0.25, 0.3) is 0 Å². The summed E-state index contributed by atoms with van der Waals surface area (Å²) in [5, 5.41) is 11.1. The van der Waals surface area contributed by atoms with Crippen LogP contribution in [0.2, 0.25) is 0 Å². The Kier molecular flexibility index (Phi) is 14.4. The normalized spacial score (nSPS) is 7.71. The Balaban J connectivity index is 0. The summed E-state index contributed by atoms with van der Waals surface area (Å²) in [5.41, 5.74) is 0. The molecule has 0 aliphatic carbocycles. The van der Waals surface area contributed by atoms with Crippen LogP contribution >= 0.6 is 0 Å². The fourth-order valence-corrected chi connectivity index (χ4v) is 0.256. The third-order valence-electron chi connectivity index (χ3n) is 0.539. The Hall–Kier alpha value is 0.439. The SMILES string of the molecule is CCNCCO.[Cu+2]. The van der Waals surface area contributed by atoms with Gasteiger partial charge in [-0.25, -0.2) is 0 Å². The van der Waals surface area contributed by atoms with E-state index >= 15 is 0 Å². The van der Waals surface area contributed by atoms with Crippen LogP contribution in [0.25, 0.3) is 0 Å². The maximum atomic E-state index is 8.13. The van der Waals surface area contributed by atoms with Crippen LogP contribution < -0.4 is 5.32 Å². The molecule has 1 radical (unpaired) electrons. The van der Waals surface area contributed by atoms with Gasteiger partial charge in [-0.2, -0.15) is 0 Å². The van der Waals surface area contributed by atoms with Crippen molar-refractivity contribution in [3.63, 3.8) is 0 Å². The zero-order chi connectivity index (χ0) is 4.83. The van der Waals surface area contributed by atoms with Crippen molar-refractivity contribution in [3.05, 3.63) is 0 Å². The summed E-state index contributed by atoms with van der Waals surface area (Å²) >= 11 is 0. The minimum absolute atomic E-state index is 0. The molecule has 0 unspecified atom stereocenters. The van der Waals surface area contributed by atoms with E-state index in [-0.39, 0.29) is 23.7 Å². The minimum Gasteiger partial charge on any atom is -0.395 e. The summed E-state index contributed by atoms with van der Waals surface area (Å²) in [4.78, 5) is 0. The monoisotopic (exact) mass is 152 g/mol. The molecule has 47 valence electrons. The van der Waals surface area contributed by atoms with Crippen molar-refractivity contribution in [2.24, 2.45) is 0 Å². The van der Waals surface area contributed by atoms with E-state index in [1.165, 1.54) is 0 Å². The Bertz CT molecular complexity index is 23.7. The van der Waals surface area contributed by atoms with Crippen LogP contribution in [0.4, 0.5) is 0 Å². The third kappa shape index (κ3) is 10.7. The molecule has 0 fully saturated rings. The Labute approximate surface area is 54.8 Å². The Morgan fingerprint density at radius 2 is 2.14 bits per heavy atom. The van der Waals surface area contributed by atoms with Crippen molar-refractivity contribution in [2.75, 3.05) is 19.7 Å². The van der Waals surface area contributed by atoms with Crippen LogP contribution in [-0.2, 0) is 17.1 Å². The smallest absolute Gasteiger partial charge is 0.395 e. The molecular weight excluding hydrogens is 142 g/mol. The van der Waals surface area contributed by atoms with E-state index in [1.807, 2.05) is 6.92 Å². The van der Waals surface area contributed by atoms with Gasteiger partial charge in [-0.15, -0.1) is 0 Å². The van der Waals surface area contributed by atoms with Crippen LogP contribution in [0.1, 0.15) is 6.92 Å². The summed E-state index contributed by atoms with van der Waals surface area (Å²) in [5.74, 6) is 0. The molecule has 0 aromatic rings. The molecule has 0 heterocycles. The number of aliphatic hydroxyl groups is 1. The van der Waals surface area contributed by atoms with E-state index in [0.29, 0.717) is 0 Å². The zero-order valence-corrected chi connectivity index (χ0v) is 5.31.